The topological polar surface area (TPSA) is 103 Å². The highest BCUT2D eigenvalue weighted by Crippen LogP contribution is 2.21. The zero-order valence-corrected chi connectivity index (χ0v) is 12.7. The van der Waals surface area contributed by atoms with E-state index in [2.05, 4.69) is 10.1 Å². The minimum atomic E-state index is -0.527. The molecular weight excluding hydrogens is 298 g/mol. The van der Waals surface area contributed by atoms with Crippen LogP contribution in [0.25, 0.3) is 0 Å². The third-order valence-corrected chi connectivity index (χ3v) is 3.69. The summed E-state index contributed by atoms with van der Waals surface area (Å²) >= 11 is 0. The van der Waals surface area contributed by atoms with E-state index in [1.165, 1.54) is 6.20 Å². The van der Waals surface area contributed by atoms with Gasteiger partial charge in [0.2, 0.25) is 5.91 Å². The molecule has 23 heavy (non-hydrogen) atoms. The van der Waals surface area contributed by atoms with Crippen molar-refractivity contribution >= 4 is 11.8 Å². The van der Waals surface area contributed by atoms with E-state index in [1.807, 2.05) is 0 Å². The van der Waals surface area contributed by atoms with E-state index in [9.17, 15) is 9.59 Å². The molecule has 0 bridgehead atoms. The minimum Gasteiger partial charge on any atom is -0.368 e. The molecule has 8 heteroatoms. The number of hydrogen-bond acceptors (Lipinski definition) is 5. The standard InChI is InChI=1S/C15H17N5O3/c1-19-5-4-12(18-19)15(22)20-6-7-23-13(9-20)11-3-2-10(8-17-11)14(16)21/h2-5,8,13H,6-7,9H2,1H3,(H2,16,21)/t13-/m1/s1. The van der Waals surface area contributed by atoms with Crippen LogP contribution in [0.3, 0.4) is 0 Å². The quantitative estimate of drug-likeness (QED) is 0.867. The first-order valence-electron chi connectivity index (χ1n) is 7.21. The van der Waals surface area contributed by atoms with Gasteiger partial charge in [0, 0.05) is 26.0 Å². The van der Waals surface area contributed by atoms with Crippen LogP contribution in [0.15, 0.2) is 30.6 Å². The Morgan fingerprint density at radius 1 is 1.35 bits per heavy atom. The molecule has 0 radical (unpaired) electrons. The first kappa shape index (κ1) is 15.2. The van der Waals surface area contributed by atoms with E-state index in [4.69, 9.17) is 10.5 Å². The fraction of sp³-hybridized carbons (Fsp3) is 0.333. The van der Waals surface area contributed by atoms with Crippen LogP contribution in [0, 0.1) is 0 Å². The van der Waals surface area contributed by atoms with Gasteiger partial charge in [-0.1, -0.05) is 0 Å². The number of hydrogen-bond donors (Lipinski definition) is 1. The highest BCUT2D eigenvalue weighted by molar-refractivity contribution is 5.92. The number of amides is 2. The van der Waals surface area contributed by atoms with E-state index < -0.39 is 5.91 Å². The zero-order chi connectivity index (χ0) is 16.4. The maximum atomic E-state index is 12.4. The summed E-state index contributed by atoms with van der Waals surface area (Å²) in [5.41, 5.74) is 6.61. The average molecular weight is 315 g/mol. The summed E-state index contributed by atoms with van der Waals surface area (Å²) in [4.78, 5) is 29.4. The molecule has 2 aromatic rings. The molecule has 1 atom stereocenters. The average Bonchev–Trinajstić information content (AvgIpc) is 3.01. The summed E-state index contributed by atoms with van der Waals surface area (Å²) in [6, 6.07) is 4.99. The summed E-state index contributed by atoms with van der Waals surface area (Å²) in [5.74, 6) is -0.659. The molecule has 1 aliphatic rings. The molecule has 3 rings (SSSR count). The Labute approximate surface area is 132 Å². The van der Waals surface area contributed by atoms with Gasteiger partial charge in [-0.05, 0) is 18.2 Å². The first-order valence-corrected chi connectivity index (χ1v) is 7.21. The number of carbonyl (C=O) groups is 2. The van der Waals surface area contributed by atoms with Crippen LogP contribution in [-0.2, 0) is 11.8 Å². The molecule has 2 N–H and O–H groups in total. The van der Waals surface area contributed by atoms with Gasteiger partial charge in [0.15, 0.2) is 0 Å². The largest absolute Gasteiger partial charge is 0.368 e. The van der Waals surface area contributed by atoms with Crippen molar-refractivity contribution in [3.63, 3.8) is 0 Å². The summed E-state index contributed by atoms with van der Waals surface area (Å²) in [7, 11) is 1.77. The van der Waals surface area contributed by atoms with Gasteiger partial charge >= 0.3 is 0 Å². The molecule has 1 aliphatic heterocycles. The number of carbonyl (C=O) groups excluding carboxylic acids is 2. The maximum absolute atomic E-state index is 12.4. The molecule has 0 saturated carbocycles. The fourth-order valence-electron chi connectivity index (χ4n) is 2.45. The van der Waals surface area contributed by atoms with Gasteiger partial charge in [0.05, 0.1) is 24.4 Å². The van der Waals surface area contributed by atoms with E-state index in [-0.39, 0.29) is 12.0 Å². The van der Waals surface area contributed by atoms with Crippen LogP contribution in [0.5, 0.6) is 0 Å². The lowest BCUT2D eigenvalue weighted by Gasteiger charge is -2.32. The van der Waals surface area contributed by atoms with Crippen LogP contribution in [0.4, 0.5) is 0 Å². The predicted molar refractivity (Wildman–Crippen MR) is 80.6 cm³/mol. The number of morpholine rings is 1. The normalized spacial score (nSPS) is 18.0. The van der Waals surface area contributed by atoms with E-state index in [1.54, 1.807) is 41.0 Å². The Morgan fingerprint density at radius 2 is 2.17 bits per heavy atom. The van der Waals surface area contributed by atoms with Gasteiger partial charge in [0.25, 0.3) is 5.91 Å². The lowest BCUT2D eigenvalue weighted by atomic mass is 10.1. The van der Waals surface area contributed by atoms with Crippen LogP contribution in [0.2, 0.25) is 0 Å². The van der Waals surface area contributed by atoms with Crippen molar-refractivity contribution in [2.75, 3.05) is 19.7 Å². The number of nitrogens with zero attached hydrogens (tertiary/aromatic N) is 4. The van der Waals surface area contributed by atoms with Crippen molar-refractivity contribution in [3.8, 4) is 0 Å². The Morgan fingerprint density at radius 3 is 2.78 bits per heavy atom. The number of nitrogens with two attached hydrogens (primary N) is 1. The molecule has 1 fully saturated rings. The molecule has 0 aromatic carbocycles. The van der Waals surface area contributed by atoms with Gasteiger partial charge < -0.3 is 15.4 Å². The molecule has 0 unspecified atom stereocenters. The number of pyridine rings is 1. The van der Waals surface area contributed by atoms with Crippen LogP contribution < -0.4 is 5.73 Å². The summed E-state index contributed by atoms with van der Waals surface area (Å²) in [6.45, 7) is 1.31. The number of aromatic nitrogens is 3. The maximum Gasteiger partial charge on any atom is 0.274 e. The van der Waals surface area contributed by atoms with Crippen molar-refractivity contribution in [1.82, 2.24) is 19.7 Å². The monoisotopic (exact) mass is 315 g/mol. The van der Waals surface area contributed by atoms with Gasteiger partial charge in [-0.3, -0.25) is 19.3 Å². The van der Waals surface area contributed by atoms with Crippen LogP contribution in [-0.4, -0.2) is 51.2 Å². The zero-order valence-electron chi connectivity index (χ0n) is 12.7. The van der Waals surface area contributed by atoms with Crippen molar-refractivity contribution < 1.29 is 14.3 Å². The van der Waals surface area contributed by atoms with E-state index in [0.717, 1.165) is 0 Å². The van der Waals surface area contributed by atoms with Crippen molar-refractivity contribution in [3.05, 3.63) is 47.5 Å². The second-order valence-corrected chi connectivity index (χ2v) is 5.32. The number of primary amides is 1. The van der Waals surface area contributed by atoms with Crippen LogP contribution in [0.1, 0.15) is 32.6 Å². The fourth-order valence-corrected chi connectivity index (χ4v) is 2.45. The second-order valence-electron chi connectivity index (χ2n) is 5.32. The van der Waals surface area contributed by atoms with Crippen molar-refractivity contribution in [2.24, 2.45) is 12.8 Å². The van der Waals surface area contributed by atoms with Crippen molar-refractivity contribution in [2.45, 2.75) is 6.10 Å². The summed E-state index contributed by atoms with van der Waals surface area (Å²) in [6.07, 6.45) is 2.81. The molecule has 0 aliphatic carbocycles. The molecule has 1 saturated heterocycles. The third-order valence-electron chi connectivity index (χ3n) is 3.69. The molecule has 8 nitrogen and oxygen atoms in total. The number of ether oxygens (including phenoxy) is 1. The molecule has 120 valence electrons. The van der Waals surface area contributed by atoms with Gasteiger partial charge in [-0.25, -0.2) is 0 Å². The lowest BCUT2D eigenvalue weighted by molar-refractivity contribution is -0.0249. The predicted octanol–water partition coefficient (Wildman–Crippen LogP) is 0.128. The highest BCUT2D eigenvalue weighted by atomic mass is 16.5. The Kier molecular flexibility index (Phi) is 4.07. The van der Waals surface area contributed by atoms with E-state index in [0.29, 0.717) is 36.6 Å². The molecule has 0 spiro atoms. The summed E-state index contributed by atoms with van der Waals surface area (Å²) < 4.78 is 7.28. The van der Waals surface area contributed by atoms with Gasteiger partial charge in [0.1, 0.15) is 11.8 Å². The third kappa shape index (κ3) is 3.21. The molecule has 3 heterocycles. The SMILES string of the molecule is Cn1ccc(C(=O)N2CCO[C@@H](c3ccc(C(N)=O)cn3)C2)n1. The van der Waals surface area contributed by atoms with Gasteiger partial charge in [-0.15, -0.1) is 0 Å². The Hall–Kier alpha value is -2.74. The minimum absolute atomic E-state index is 0.132. The smallest absolute Gasteiger partial charge is 0.274 e. The van der Waals surface area contributed by atoms with Crippen molar-refractivity contribution in [1.29, 1.82) is 0 Å². The molecule has 2 amide bonds. The van der Waals surface area contributed by atoms with Crippen LogP contribution >= 0.6 is 0 Å². The second kappa shape index (κ2) is 6.17. The Balaban J connectivity index is 1.72. The first-order chi connectivity index (χ1) is 11.0. The molecule has 2 aromatic heterocycles. The van der Waals surface area contributed by atoms with Gasteiger partial charge in [-0.2, -0.15) is 5.10 Å². The number of aryl methyl sites for hydroxylation is 1. The Bertz CT molecular complexity index is 725. The van der Waals surface area contributed by atoms with E-state index >= 15 is 0 Å². The lowest BCUT2D eigenvalue weighted by Crippen LogP contribution is -2.42. The summed E-state index contributed by atoms with van der Waals surface area (Å²) in [5, 5.41) is 4.13. The molecular formula is C15H17N5O3. The number of rotatable bonds is 3. The highest BCUT2D eigenvalue weighted by Gasteiger charge is 2.28.